The van der Waals surface area contributed by atoms with Crippen LogP contribution < -0.4 is 0 Å². The highest BCUT2D eigenvalue weighted by atomic mass is 79.9. The van der Waals surface area contributed by atoms with Gasteiger partial charge in [0.05, 0.1) is 4.34 Å². The van der Waals surface area contributed by atoms with Crippen LogP contribution in [0.25, 0.3) is 0 Å². The first-order chi connectivity index (χ1) is 8.48. The van der Waals surface area contributed by atoms with Crippen molar-refractivity contribution in [2.24, 2.45) is 0 Å². The maximum absolute atomic E-state index is 12.6. The van der Waals surface area contributed by atoms with Gasteiger partial charge in [-0.1, -0.05) is 27.5 Å². The number of nitrogens with zero attached hydrogens (tertiary/aromatic N) is 1. The Kier molecular flexibility index (Phi) is 3.52. The van der Waals surface area contributed by atoms with Gasteiger partial charge < -0.3 is 0 Å². The molecule has 7 heteroatoms. The summed E-state index contributed by atoms with van der Waals surface area (Å²) >= 11 is 10.6. The Labute approximate surface area is 124 Å². The van der Waals surface area contributed by atoms with Gasteiger partial charge in [-0.25, -0.2) is 8.42 Å². The third-order valence-corrected chi connectivity index (χ3v) is 8.14. The van der Waals surface area contributed by atoms with E-state index >= 15 is 0 Å². The van der Waals surface area contributed by atoms with Gasteiger partial charge in [-0.05, 0) is 37.8 Å². The normalized spacial score (nSPS) is 32.9. The lowest BCUT2D eigenvalue weighted by molar-refractivity contribution is 0.255. The van der Waals surface area contributed by atoms with E-state index in [1.54, 1.807) is 16.4 Å². The molecule has 0 saturated carbocycles. The number of hydrogen-bond donors (Lipinski definition) is 0. The second-order valence-electron chi connectivity index (χ2n) is 4.85. The maximum Gasteiger partial charge on any atom is 0.253 e. The number of thiophene rings is 1. The van der Waals surface area contributed by atoms with Gasteiger partial charge >= 0.3 is 0 Å². The molecular weight excluding hydrogens is 358 g/mol. The van der Waals surface area contributed by atoms with Crippen molar-refractivity contribution in [3.63, 3.8) is 0 Å². The van der Waals surface area contributed by atoms with Gasteiger partial charge in [0.15, 0.2) is 0 Å². The van der Waals surface area contributed by atoms with E-state index < -0.39 is 10.0 Å². The summed E-state index contributed by atoms with van der Waals surface area (Å²) < 4.78 is 27.9. The molecule has 0 amide bonds. The molecule has 0 N–H and O–H groups in total. The molecule has 2 atom stereocenters. The average molecular weight is 371 g/mol. The van der Waals surface area contributed by atoms with Crippen LogP contribution in [0.2, 0.25) is 4.34 Å². The lowest BCUT2D eigenvalue weighted by Crippen LogP contribution is -2.46. The van der Waals surface area contributed by atoms with Crippen molar-refractivity contribution in [1.29, 1.82) is 0 Å². The molecule has 3 nitrogen and oxygen atoms in total. The molecule has 100 valence electrons. The topological polar surface area (TPSA) is 37.4 Å². The van der Waals surface area contributed by atoms with Crippen LogP contribution in [0.1, 0.15) is 25.7 Å². The fraction of sp³-hybridized carbons (Fsp3) is 0.636. The van der Waals surface area contributed by atoms with Crippen LogP contribution in [0.3, 0.4) is 0 Å². The number of sulfonamides is 1. The third-order valence-electron chi connectivity index (χ3n) is 3.69. The van der Waals surface area contributed by atoms with Gasteiger partial charge in [-0.3, -0.25) is 0 Å². The van der Waals surface area contributed by atoms with E-state index in [1.807, 2.05) is 0 Å². The highest BCUT2D eigenvalue weighted by Crippen LogP contribution is 2.43. The Bertz CT molecular complexity index is 545. The summed E-state index contributed by atoms with van der Waals surface area (Å²) in [5.41, 5.74) is 0. The summed E-state index contributed by atoms with van der Waals surface area (Å²) in [7, 11) is -3.35. The van der Waals surface area contributed by atoms with Gasteiger partial charge in [0, 0.05) is 16.9 Å². The van der Waals surface area contributed by atoms with Crippen LogP contribution in [0.5, 0.6) is 0 Å². The fourth-order valence-electron chi connectivity index (χ4n) is 3.00. The van der Waals surface area contributed by atoms with Crippen molar-refractivity contribution < 1.29 is 8.42 Å². The van der Waals surface area contributed by atoms with E-state index in [4.69, 9.17) is 11.6 Å². The second kappa shape index (κ2) is 4.74. The highest BCUT2D eigenvalue weighted by molar-refractivity contribution is 9.09. The number of alkyl halides is 1. The quantitative estimate of drug-likeness (QED) is 0.747. The Morgan fingerprint density at radius 3 is 2.39 bits per heavy atom. The van der Waals surface area contributed by atoms with Gasteiger partial charge in [-0.2, -0.15) is 4.31 Å². The molecule has 0 spiro atoms. The van der Waals surface area contributed by atoms with E-state index in [2.05, 4.69) is 15.9 Å². The van der Waals surface area contributed by atoms with Crippen LogP contribution in [-0.2, 0) is 10.0 Å². The summed E-state index contributed by atoms with van der Waals surface area (Å²) in [6.07, 6.45) is 3.78. The molecule has 2 saturated heterocycles. The monoisotopic (exact) mass is 369 g/mol. The lowest BCUT2D eigenvalue weighted by atomic mass is 10.1. The second-order valence-corrected chi connectivity index (χ2v) is 9.93. The molecule has 0 radical (unpaired) electrons. The molecule has 2 bridgehead atoms. The van der Waals surface area contributed by atoms with Crippen molar-refractivity contribution in [3.05, 3.63) is 16.5 Å². The van der Waals surface area contributed by atoms with Crippen molar-refractivity contribution >= 4 is 48.9 Å². The Morgan fingerprint density at radius 2 is 1.89 bits per heavy atom. The lowest BCUT2D eigenvalue weighted by Gasteiger charge is -2.35. The smallest absolute Gasteiger partial charge is 0.206 e. The minimum Gasteiger partial charge on any atom is -0.206 e. The maximum atomic E-state index is 12.6. The molecule has 2 fully saturated rings. The van der Waals surface area contributed by atoms with E-state index in [0.29, 0.717) is 13.4 Å². The van der Waals surface area contributed by atoms with Crippen LogP contribution in [0.4, 0.5) is 0 Å². The average Bonchev–Trinajstić information content (AvgIpc) is 2.83. The third kappa shape index (κ3) is 2.16. The number of fused-ring (bicyclic) bond motifs is 2. The number of piperidine rings is 1. The molecule has 1 aromatic heterocycles. The fourth-order valence-corrected chi connectivity index (χ4v) is 7.34. The highest BCUT2D eigenvalue weighted by Gasteiger charge is 2.46. The summed E-state index contributed by atoms with van der Waals surface area (Å²) in [6, 6.07) is 3.57. The molecule has 1 aromatic rings. The molecule has 0 aromatic carbocycles. The minimum absolute atomic E-state index is 0.152. The molecule has 2 aliphatic heterocycles. The molecule has 18 heavy (non-hydrogen) atoms. The largest absolute Gasteiger partial charge is 0.253 e. The summed E-state index contributed by atoms with van der Waals surface area (Å²) in [6.45, 7) is 0. The van der Waals surface area contributed by atoms with Gasteiger partial charge in [0.25, 0.3) is 10.0 Å². The molecule has 3 rings (SSSR count). The zero-order chi connectivity index (χ0) is 12.9. The Balaban J connectivity index is 1.96. The van der Waals surface area contributed by atoms with Crippen LogP contribution >= 0.6 is 38.9 Å². The first-order valence-electron chi connectivity index (χ1n) is 5.91. The van der Waals surface area contributed by atoms with Crippen LogP contribution in [0.15, 0.2) is 16.3 Å². The predicted octanol–water partition coefficient (Wildman–Crippen LogP) is 3.48. The Hall–Kier alpha value is 0.380. The van der Waals surface area contributed by atoms with Crippen LogP contribution in [0, 0.1) is 0 Å². The van der Waals surface area contributed by atoms with E-state index in [1.165, 1.54) is 0 Å². The number of rotatable bonds is 2. The number of hydrogen-bond acceptors (Lipinski definition) is 3. The SMILES string of the molecule is O=S(=O)(c1ccc(Cl)s1)N1C2CCC1CC(Br)C2. The van der Waals surface area contributed by atoms with Crippen molar-refractivity contribution in [1.82, 2.24) is 4.31 Å². The van der Waals surface area contributed by atoms with Gasteiger partial charge in [-0.15, -0.1) is 11.3 Å². The van der Waals surface area contributed by atoms with Crippen molar-refractivity contribution in [3.8, 4) is 0 Å². The number of halogens is 2. The van der Waals surface area contributed by atoms with E-state index in [0.717, 1.165) is 37.0 Å². The van der Waals surface area contributed by atoms with Gasteiger partial charge in [0.1, 0.15) is 4.21 Å². The molecule has 0 aliphatic carbocycles. The van der Waals surface area contributed by atoms with Crippen LogP contribution in [-0.4, -0.2) is 29.6 Å². The molecule has 3 heterocycles. The Morgan fingerprint density at radius 1 is 1.28 bits per heavy atom. The minimum atomic E-state index is -3.35. The molecular formula is C11H13BrClNO2S2. The summed E-state index contributed by atoms with van der Waals surface area (Å²) in [4.78, 5) is 0.452. The zero-order valence-electron chi connectivity index (χ0n) is 9.55. The molecule has 2 aliphatic rings. The predicted molar refractivity (Wildman–Crippen MR) is 77.1 cm³/mol. The first kappa shape index (κ1) is 13.4. The van der Waals surface area contributed by atoms with Crippen molar-refractivity contribution in [2.45, 2.75) is 46.8 Å². The van der Waals surface area contributed by atoms with Crippen molar-refractivity contribution in [2.75, 3.05) is 0 Å². The summed E-state index contributed by atoms with van der Waals surface area (Å²) in [5, 5.41) is 0. The summed E-state index contributed by atoms with van der Waals surface area (Å²) in [5.74, 6) is 0. The first-order valence-corrected chi connectivity index (χ1v) is 9.46. The van der Waals surface area contributed by atoms with E-state index in [9.17, 15) is 8.42 Å². The van der Waals surface area contributed by atoms with E-state index in [-0.39, 0.29) is 12.1 Å². The molecule has 2 unspecified atom stereocenters. The zero-order valence-corrected chi connectivity index (χ0v) is 13.5. The standard InChI is InChI=1S/C11H13BrClNO2S2/c12-7-5-8-1-2-9(6-7)14(8)18(15,16)11-4-3-10(13)17-11/h3-4,7-9H,1-2,5-6H2. The van der Waals surface area contributed by atoms with Gasteiger partial charge in [0.2, 0.25) is 0 Å².